The Kier molecular flexibility index (Phi) is 2.50. The summed E-state index contributed by atoms with van der Waals surface area (Å²) in [5, 5.41) is 2.33. The zero-order valence-electron chi connectivity index (χ0n) is 11.3. The van der Waals surface area contributed by atoms with Crippen LogP contribution in [0.3, 0.4) is 0 Å². The van der Waals surface area contributed by atoms with Crippen molar-refractivity contribution < 1.29 is 0 Å². The van der Waals surface area contributed by atoms with Crippen LogP contribution in [-0.2, 0) is 0 Å². The lowest BCUT2D eigenvalue weighted by molar-refractivity contribution is 0.295. The molecule has 92 valence electrons. The van der Waals surface area contributed by atoms with Gasteiger partial charge in [0.15, 0.2) is 0 Å². The zero-order valence-corrected chi connectivity index (χ0v) is 12.2. The van der Waals surface area contributed by atoms with Crippen LogP contribution in [0.4, 0.5) is 0 Å². The number of rotatable bonds is 3. The van der Waals surface area contributed by atoms with Crippen molar-refractivity contribution >= 4 is 7.92 Å². The van der Waals surface area contributed by atoms with Crippen LogP contribution in [0.5, 0.6) is 0 Å². The molecule has 0 heterocycles. The number of hydrogen-bond acceptors (Lipinski definition) is 0. The summed E-state index contributed by atoms with van der Waals surface area (Å²) >= 11 is 0. The molecule has 0 saturated heterocycles. The van der Waals surface area contributed by atoms with E-state index in [0.29, 0.717) is 0 Å². The summed E-state index contributed by atoms with van der Waals surface area (Å²) in [5.41, 5.74) is 0. The Labute approximate surface area is 102 Å². The van der Waals surface area contributed by atoms with Crippen molar-refractivity contribution in [3.05, 3.63) is 0 Å². The third kappa shape index (κ3) is 1.45. The predicted molar refractivity (Wildman–Crippen MR) is 73.7 cm³/mol. The van der Waals surface area contributed by atoms with E-state index < -0.39 is 0 Å². The third-order valence-electron chi connectivity index (χ3n) is 5.91. The lowest BCUT2D eigenvalue weighted by Gasteiger charge is -2.65. The summed E-state index contributed by atoms with van der Waals surface area (Å²) in [6.07, 6.45) is 13.8. The molecule has 0 nitrogen and oxygen atoms in total. The van der Waals surface area contributed by atoms with E-state index in [4.69, 9.17) is 0 Å². The molecule has 0 amide bonds. The molecule has 0 N–H and O–H groups in total. The Morgan fingerprint density at radius 1 is 0.562 bits per heavy atom. The molecule has 3 aliphatic carbocycles. The smallest absolute Gasteiger partial charge is 0.0113 e. The van der Waals surface area contributed by atoms with Crippen molar-refractivity contribution in [1.82, 2.24) is 0 Å². The minimum atomic E-state index is 0.270. The van der Waals surface area contributed by atoms with Crippen molar-refractivity contribution in [1.29, 1.82) is 0 Å². The highest BCUT2D eigenvalue weighted by Gasteiger charge is 2.58. The fraction of sp³-hybridized carbons (Fsp3) is 1.00. The van der Waals surface area contributed by atoms with Gasteiger partial charge in [-0.15, -0.1) is 0 Å². The summed E-state index contributed by atoms with van der Waals surface area (Å²) in [6.45, 7) is 7.90. The summed E-state index contributed by atoms with van der Waals surface area (Å²) in [7, 11) is 0.270. The van der Waals surface area contributed by atoms with Gasteiger partial charge in [-0.05, 0) is 54.0 Å². The summed E-state index contributed by atoms with van der Waals surface area (Å²) in [5.74, 6) is 0. The van der Waals surface area contributed by atoms with Gasteiger partial charge in [-0.2, -0.15) is 0 Å². The van der Waals surface area contributed by atoms with Gasteiger partial charge in [0.2, 0.25) is 0 Å². The van der Waals surface area contributed by atoms with Crippen molar-refractivity contribution in [2.24, 2.45) is 0 Å². The maximum absolute atomic E-state index is 2.63. The maximum Gasteiger partial charge on any atom is -0.0113 e. The second kappa shape index (κ2) is 3.47. The van der Waals surface area contributed by atoms with E-state index in [-0.39, 0.29) is 7.92 Å². The lowest BCUT2D eigenvalue weighted by Crippen LogP contribution is -2.51. The fourth-order valence-electron chi connectivity index (χ4n) is 4.69. The molecular weight excluding hydrogens is 211 g/mol. The molecule has 0 aliphatic heterocycles. The molecule has 3 saturated carbocycles. The summed E-state index contributed by atoms with van der Waals surface area (Å²) in [4.78, 5) is 0. The van der Waals surface area contributed by atoms with Crippen LogP contribution in [0.25, 0.3) is 0 Å². The fourth-order valence-corrected chi connectivity index (χ4v) is 10.9. The van der Waals surface area contributed by atoms with Crippen LogP contribution < -0.4 is 0 Å². The second-order valence-corrected chi connectivity index (χ2v) is 11.3. The molecule has 0 bridgehead atoms. The Morgan fingerprint density at radius 3 is 0.938 bits per heavy atom. The predicted octanol–water partition coefficient (Wildman–Crippen LogP) is 5.30. The molecule has 0 spiro atoms. The lowest BCUT2D eigenvalue weighted by atomic mass is 9.83. The molecule has 0 aromatic rings. The Balaban J connectivity index is 1.88. The third-order valence-corrected chi connectivity index (χ3v) is 10.5. The van der Waals surface area contributed by atoms with E-state index in [9.17, 15) is 0 Å². The van der Waals surface area contributed by atoms with Gasteiger partial charge in [0, 0.05) is 0 Å². The molecule has 0 aromatic carbocycles. The Morgan fingerprint density at radius 2 is 0.812 bits per heavy atom. The van der Waals surface area contributed by atoms with Crippen LogP contribution in [-0.4, -0.2) is 15.5 Å². The van der Waals surface area contributed by atoms with E-state index in [2.05, 4.69) is 20.8 Å². The Hall–Kier alpha value is 0.430. The molecule has 0 atom stereocenters. The van der Waals surface area contributed by atoms with E-state index in [1.165, 1.54) is 19.3 Å². The maximum atomic E-state index is 2.63. The molecule has 0 aromatic heterocycles. The molecule has 3 fully saturated rings. The highest BCUT2D eigenvalue weighted by atomic mass is 31.1. The van der Waals surface area contributed by atoms with Gasteiger partial charge in [0.25, 0.3) is 0 Å². The second-order valence-electron chi connectivity index (χ2n) is 7.39. The van der Waals surface area contributed by atoms with Crippen molar-refractivity contribution in [3.8, 4) is 0 Å². The van der Waals surface area contributed by atoms with Gasteiger partial charge in [0.05, 0.1) is 0 Å². The van der Waals surface area contributed by atoms with Gasteiger partial charge in [-0.3, -0.25) is 0 Å². The van der Waals surface area contributed by atoms with Crippen LogP contribution in [0.1, 0.15) is 78.6 Å². The van der Waals surface area contributed by atoms with Crippen LogP contribution in [0.2, 0.25) is 0 Å². The number of hydrogen-bond donors (Lipinski definition) is 0. The van der Waals surface area contributed by atoms with Gasteiger partial charge in [-0.1, -0.05) is 48.0 Å². The molecule has 16 heavy (non-hydrogen) atoms. The van der Waals surface area contributed by atoms with Gasteiger partial charge < -0.3 is 0 Å². The van der Waals surface area contributed by atoms with Crippen molar-refractivity contribution in [3.63, 3.8) is 0 Å². The monoisotopic (exact) mass is 238 g/mol. The Bertz CT molecular complexity index is 234. The van der Waals surface area contributed by atoms with Crippen LogP contribution in [0.15, 0.2) is 0 Å². The average molecular weight is 238 g/mol. The highest BCUT2D eigenvalue weighted by Crippen LogP contribution is 2.80. The zero-order chi connectivity index (χ0) is 11.4. The molecular formula is C15H27P. The highest BCUT2D eigenvalue weighted by molar-refractivity contribution is 7.62. The van der Waals surface area contributed by atoms with E-state index >= 15 is 0 Å². The standard InChI is InChI=1S/C15H27P/c1-13(7-4-8-13)16(14(2)9-5-10-14)15(3)11-6-12-15/h4-12H2,1-3H3. The first-order valence-electron chi connectivity index (χ1n) is 7.29. The van der Waals surface area contributed by atoms with Crippen LogP contribution in [0, 0.1) is 0 Å². The van der Waals surface area contributed by atoms with Gasteiger partial charge in [-0.25, -0.2) is 0 Å². The first kappa shape index (κ1) is 11.5. The molecule has 3 aliphatic rings. The van der Waals surface area contributed by atoms with E-state index in [1.807, 2.05) is 0 Å². The molecule has 0 unspecified atom stereocenters. The average Bonchev–Trinajstić information content (AvgIpc) is 2.10. The SMILES string of the molecule is CC1(P(C2(C)CCC2)C2(C)CCC2)CCC1. The topological polar surface area (TPSA) is 0 Å². The minimum Gasteiger partial charge on any atom is -0.0884 e. The van der Waals surface area contributed by atoms with E-state index in [0.717, 1.165) is 15.5 Å². The molecule has 1 heteroatoms. The van der Waals surface area contributed by atoms with E-state index in [1.54, 1.807) is 38.5 Å². The van der Waals surface area contributed by atoms with Gasteiger partial charge in [0.1, 0.15) is 0 Å². The first-order chi connectivity index (χ1) is 7.49. The minimum absolute atomic E-state index is 0.270. The van der Waals surface area contributed by atoms with Gasteiger partial charge >= 0.3 is 0 Å². The largest absolute Gasteiger partial charge is 0.0884 e. The van der Waals surface area contributed by atoms with Crippen molar-refractivity contribution in [2.75, 3.05) is 0 Å². The molecule has 0 radical (unpaired) electrons. The van der Waals surface area contributed by atoms with Crippen molar-refractivity contribution in [2.45, 2.75) is 94.0 Å². The quantitative estimate of drug-likeness (QED) is 0.585. The first-order valence-corrected chi connectivity index (χ1v) is 8.63. The summed E-state index contributed by atoms with van der Waals surface area (Å²) in [6, 6.07) is 0. The van der Waals surface area contributed by atoms with Crippen LogP contribution >= 0.6 is 7.92 Å². The summed E-state index contributed by atoms with van der Waals surface area (Å²) < 4.78 is 0. The molecule has 3 rings (SSSR count). The normalized spacial score (nSPS) is 33.8.